The number of hydrogen-bond donors (Lipinski definition) is 2. The fraction of sp³-hybridized carbons (Fsp3) is 0.500. The number of aliphatic hydroxyl groups excluding tert-OH is 1. The van der Waals surface area contributed by atoms with Gasteiger partial charge in [0.2, 0.25) is 0 Å². The third-order valence-electron chi connectivity index (χ3n) is 2.19. The van der Waals surface area contributed by atoms with E-state index in [9.17, 15) is 9.90 Å². The summed E-state index contributed by atoms with van der Waals surface area (Å²) in [6.45, 7) is 0. The first kappa shape index (κ1) is 8.25. The zero-order chi connectivity index (χ0) is 9.42. The van der Waals surface area contributed by atoms with Crippen molar-refractivity contribution in [3.63, 3.8) is 0 Å². The van der Waals surface area contributed by atoms with Gasteiger partial charge in [0.05, 0.1) is 18.2 Å². The van der Waals surface area contributed by atoms with Gasteiger partial charge in [-0.1, -0.05) is 0 Å². The van der Waals surface area contributed by atoms with Crippen LogP contribution in [0.5, 0.6) is 0 Å². The van der Waals surface area contributed by atoms with E-state index in [1.54, 1.807) is 6.33 Å². The summed E-state index contributed by atoms with van der Waals surface area (Å²) in [6, 6.07) is 0.395. The molecule has 0 radical (unpaired) electrons. The van der Waals surface area contributed by atoms with Gasteiger partial charge >= 0.3 is 0 Å². The molecule has 1 aliphatic rings. The van der Waals surface area contributed by atoms with Gasteiger partial charge < -0.3 is 15.4 Å². The van der Waals surface area contributed by atoms with Gasteiger partial charge in [0.15, 0.2) is 6.10 Å². The molecule has 3 N–H and O–H groups in total. The molecule has 0 aliphatic heterocycles. The summed E-state index contributed by atoms with van der Waals surface area (Å²) in [6.07, 6.45) is 4.03. The molecule has 1 saturated carbocycles. The van der Waals surface area contributed by atoms with Crippen LogP contribution in [0.3, 0.4) is 0 Å². The minimum absolute atomic E-state index is 0.395. The number of aliphatic hydroxyl groups is 1. The zero-order valence-corrected chi connectivity index (χ0v) is 7.05. The van der Waals surface area contributed by atoms with Gasteiger partial charge in [-0.3, -0.25) is 4.79 Å². The molecular formula is C8H11N3O2. The van der Waals surface area contributed by atoms with Crippen molar-refractivity contribution in [2.45, 2.75) is 25.0 Å². The number of nitrogens with two attached hydrogens (primary N) is 1. The molecule has 1 fully saturated rings. The van der Waals surface area contributed by atoms with E-state index in [1.165, 1.54) is 6.20 Å². The minimum atomic E-state index is -1.23. The second kappa shape index (κ2) is 2.85. The van der Waals surface area contributed by atoms with Crippen LogP contribution >= 0.6 is 0 Å². The molecule has 1 heterocycles. The molecule has 1 aromatic heterocycles. The largest absolute Gasteiger partial charge is 0.377 e. The van der Waals surface area contributed by atoms with E-state index in [2.05, 4.69) is 4.98 Å². The maximum Gasteiger partial charge on any atom is 0.252 e. The van der Waals surface area contributed by atoms with E-state index in [0.717, 1.165) is 12.8 Å². The molecule has 2 rings (SSSR count). The molecular weight excluding hydrogens is 170 g/mol. The van der Waals surface area contributed by atoms with Crippen LogP contribution in [0.25, 0.3) is 0 Å². The van der Waals surface area contributed by atoms with Gasteiger partial charge in [-0.05, 0) is 12.8 Å². The Morgan fingerprint density at radius 1 is 1.77 bits per heavy atom. The molecule has 0 saturated heterocycles. The molecule has 0 aromatic carbocycles. The topological polar surface area (TPSA) is 81.1 Å². The molecule has 5 heteroatoms. The SMILES string of the molecule is NC(=O)C(O)c1cncn1C1CC1. The van der Waals surface area contributed by atoms with Crippen LogP contribution in [-0.4, -0.2) is 20.6 Å². The van der Waals surface area contributed by atoms with Gasteiger partial charge in [-0.25, -0.2) is 4.98 Å². The highest BCUT2D eigenvalue weighted by Crippen LogP contribution is 2.36. The van der Waals surface area contributed by atoms with Crippen molar-refractivity contribution in [2.24, 2.45) is 5.73 Å². The fourth-order valence-corrected chi connectivity index (χ4v) is 1.33. The summed E-state index contributed by atoms with van der Waals surface area (Å²) >= 11 is 0. The van der Waals surface area contributed by atoms with Gasteiger partial charge in [0.1, 0.15) is 0 Å². The Bertz CT molecular complexity index is 330. The molecule has 1 unspecified atom stereocenters. The highest BCUT2D eigenvalue weighted by Gasteiger charge is 2.28. The molecule has 1 amide bonds. The van der Waals surface area contributed by atoms with Crippen LogP contribution in [0.2, 0.25) is 0 Å². The van der Waals surface area contributed by atoms with Crippen molar-refractivity contribution in [3.05, 3.63) is 18.2 Å². The average Bonchev–Trinajstić information content (AvgIpc) is 2.83. The zero-order valence-electron chi connectivity index (χ0n) is 7.05. The Hall–Kier alpha value is -1.36. The lowest BCUT2D eigenvalue weighted by molar-refractivity contribution is -0.126. The minimum Gasteiger partial charge on any atom is -0.377 e. The number of hydrogen-bond acceptors (Lipinski definition) is 3. The number of aromatic nitrogens is 2. The molecule has 70 valence electrons. The van der Waals surface area contributed by atoms with Crippen LogP contribution in [-0.2, 0) is 4.79 Å². The number of rotatable bonds is 3. The normalized spacial score (nSPS) is 18.5. The average molecular weight is 181 g/mol. The Balaban J connectivity index is 2.27. The molecule has 1 aliphatic carbocycles. The molecule has 0 spiro atoms. The maximum absolute atomic E-state index is 10.7. The predicted molar refractivity (Wildman–Crippen MR) is 44.7 cm³/mol. The second-order valence-corrected chi connectivity index (χ2v) is 3.26. The first-order chi connectivity index (χ1) is 6.20. The molecule has 13 heavy (non-hydrogen) atoms. The number of imidazole rings is 1. The number of nitrogens with zero attached hydrogens (tertiary/aromatic N) is 2. The van der Waals surface area contributed by atoms with Crippen LogP contribution in [0, 0.1) is 0 Å². The quantitative estimate of drug-likeness (QED) is 0.673. The van der Waals surface area contributed by atoms with Crippen molar-refractivity contribution < 1.29 is 9.90 Å². The summed E-state index contributed by atoms with van der Waals surface area (Å²) in [5.74, 6) is -0.734. The standard InChI is InChI=1S/C8H11N3O2/c9-8(13)7(12)6-3-10-4-11(6)5-1-2-5/h3-5,7,12H,1-2H2,(H2,9,13). The van der Waals surface area contributed by atoms with Gasteiger partial charge in [-0.15, -0.1) is 0 Å². The summed E-state index contributed by atoms with van der Waals surface area (Å²) < 4.78 is 1.81. The monoisotopic (exact) mass is 181 g/mol. The van der Waals surface area contributed by atoms with Crippen LogP contribution in [0.15, 0.2) is 12.5 Å². The van der Waals surface area contributed by atoms with Gasteiger partial charge in [-0.2, -0.15) is 0 Å². The number of carbonyl (C=O) groups excluding carboxylic acids is 1. The predicted octanol–water partition coefficient (Wildman–Crippen LogP) is -0.263. The van der Waals surface area contributed by atoms with E-state index in [0.29, 0.717) is 11.7 Å². The third kappa shape index (κ3) is 1.42. The Morgan fingerprint density at radius 2 is 2.46 bits per heavy atom. The highest BCUT2D eigenvalue weighted by atomic mass is 16.3. The van der Waals surface area contributed by atoms with E-state index in [1.807, 2.05) is 4.57 Å². The lowest BCUT2D eigenvalue weighted by Gasteiger charge is -2.09. The van der Waals surface area contributed by atoms with E-state index >= 15 is 0 Å². The number of carbonyl (C=O) groups is 1. The molecule has 5 nitrogen and oxygen atoms in total. The summed E-state index contributed by atoms with van der Waals surface area (Å²) in [5.41, 5.74) is 5.48. The van der Waals surface area contributed by atoms with E-state index < -0.39 is 12.0 Å². The maximum atomic E-state index is 10.7. The van der Waals surface area contributed by atoms with Crippen molar-refractivity contribution in [2.75, 3.05) is 0 Å². The Labute approximate surface area is 75.2 Å². The van der Waals surface area contributed by atoms with Crippen molar-refractivity contribution in [1.29, 1.82) is 0 Å². The van der Waals surface area contributed by atoms with Crippen molar-refractivity contribution >= 4 is 5.91 Å². The third-order valence-corrected chi connectivity index (χ3v) is 2.19. The van der Waals surface area contributed by atoms with Crippen LogP contribution in [0.4, 0.5) is 0 Å². The van der Waals surface area contributed by atoms with Crippen LogP contribution < -0.4 is 5.73 Å². The first-order valence-corrected chi connectivity index (χ1v) is 4.19. The fourth-order valence-electron chi connectivity index (χ4n) is 1.33. The number of amides is 1. The summed E-state index contributed by atoms with van der Waals surface area (Å²) in [7, 11) is 0. The van der Waals surface area contributed by atoms with Crippen LogP contribution in [0.1, 0.15) is 30.7 Å². The van der Waals surface area contributed by atoms with E-state index in [-0.39, 0.29) is 0 Å². The number of primary amides is 1. The molecule has 1 aromatic rings. The second-order valence-electron chi connectivity index (χ2n) is 3.26. The van der Waals surface area contributed by atoms with E-state index in [4.69, 9.17) is 5.73 Å². The molecule has 0 bridgehead atoms. The molecule has 1 atom stereocenters. The lowest BCUT2D eigenvalue weighted by Crippen LogP contribution is -2.23. The summed E-state index contributed by atoms with van der Waals surface area (Å²) in [5, 5.41) is 9.41. The smallest absolute Gasteiger partial charge is 0.252 e. The lowest BCUT2D eigenvalue weighted by atomic mass is 10.2. The van der Waals surface area contributed by atoms with Crippen molar-refractivity contribution in [3.8, 4) is 0 Å². The Kier molecular flexibility index (Phi) is 1.81. The highest BCUT2D eigenvalue weighted by molar-refractivity contribution is 5.79. The first-order valence-electron chi connectivity index (χ1n) is 4.19. The summed E-state index contributed by atoms with van der Waals surface area (Å²) in [4.78, 5) is 14.6. The Morgan fingerprint density at radius 3 is 3.00 bits per heavy atom. The van der Waals surface area contributed by atoms with Crippen molar-refractivity contribution in [1.82, 2.24) is 9.55 Å². The van der Waals surface area contributed by atoms with Gasteiger partial charge in [0, 0.05) is 6.04 Å². The van der Waals surface area contributed by atoms with Gasteiger partial charge in [0.25, 0.3) is 5.91 Å².